The van der Waals surface area contributed by atoms with E-state index in [2.05, 4.69) is 15.0 Å². The molecule has 1 fully saturated rings. The summed E-state index contributed by atoms with van der Waals surface area (Å²) in [7, 11) is 0. The van der Waals surface area contributed by atoms with Crippen LogP contribution in [0.1, 0.15) is 25.5 Å². The van der Waals surface area contributed by atoms with Crippen molar-refractivity contribution < 1.29 is 9.59 Å². The van der Waals surface area contributed by atoms with Crippen molar-refractivity contribution in [2.45, 2.75) is 32.2 Å². The van der Waals surface area contributed by atoms with Gasteiger partial charge in [0.15, 0.2) is 5.78 Å². The fourth-order valence-corrected chi connectivity index (χ4v) is 3.36. The summed E-state index contributed by atoms with van der Waals surface area (Å²) in [5.74, 6) is 0.190. The molecule has 0 aliphatic carbocycles. The number of amides is 2. The molecule has 27 heavy (non-hydrogen) atoms. The number of hydrogen-bond acceptors (Lipinski definition) is 5. The first-order valence-corrected chi connectivity index (χ1v) is 9.41. The highest BCUT2D eigenvalue weighted by Gasteiger charge is 2.39. The number of aromatic nitrogens is 3. The predicted molar refractivity (Wildman–Crippen MR) is 103 cm³/mol. The summed E-state index contributed by atoms with van der Waals surface area (Å²) in [5, 5.41) is 0.927. The van der Waals surface area contributed by atoms with Crippen LogP contribution in [0.25, 0.3) is 0 Å². The second kappa shape index (κ2) is 8.63. The van der Waals surface area contributed by atoms with Gasteiger partial charge in [0.25, 0.3) is 0 Å². The molecule has 0 aromatic carbocycles. The quantitative estimate of drug-likeness (QED) is 0.702. The third kappa shape index (κ3) is 4.73. The monoisotopic (exact) mass is 407 g/mol. The second-order valence-electron chi connectivity index (χ2n) is 6.35. The number of rotatable bonds is 7. The molecule has 9 heteroatoms. The molecule has 142 valence electrons. The van der Waals surface area contributed by atoms with Crippen molar-refractivity contribution in [2.24, 2.45) is 0 Å². The number of anilines is 1. The molecule has 1 saturated heterocycles. The number of Topliss-reactive ketones (excluding diaryl/α,β-unsaturated/α-hetero) is 1. The van der Waals surface area contributed by atoms with E-state index < -0.39 is 0 Å². The smallest absolute Gasteiger partial charge is 0.312 e. The molecule has 0 radical (unpaired) electrons. The largest absolute Gasteiger partial charge is 0.327 e. The van der Waals surface area contributed by atoms with Gasteiger partial charge in [-0.1, -0.05) is 36.5 Å². The van der Waals surface area contributed by atoms with Gasteiger partial charge in [0.05, 0.1) is 43.0 Å². The van der Waals surface area contributed by atoms with Crippen LogP contribution in [-0.4, -0.2) is 50.8 Å². The summed E-state index contributed by atoms with van der Waals surface area (Å²) < 4.78 is 0. The molecule has 0 saturated carbocycles. The van der Waals surface area contributed by atoms with E-state index in [0.717, 1.165) is 12.8 Å². The lowest BCUT2D eigenvalue weighted by Gasteiger charge is -2.21. The molecule has 2 aromatic heterocycles. The Morgan fingerprint density at radius 1 is 1.22 bits per heavy atom. The van der Waals surface area contributed by atoms with E-state index >= 15 is 0 Å². The Morgan fingerprint density at radius 3 is 2.63 bits per heavy atom. The number of halogens is 2. The Kier molecular flexibility index (Phi) is 6.23. The summed E-state index contributed by atoms with van der Waals surface area (Å²) in [6.07, 6.45) is 6.27. The van der Waals surface area contributed by atoms with Gasteiger partial charge >= 0.3 is 6.03 Å². The molecule has 0 bridgehead atoms. The average Bonchev–Trinajstić information content (AvgIpc) is 2.92. The number of pyridine rings is 1. The fraction of sp³-hybridized carbons (Fsp3) is 0.389. The molecule has 0 unspecified atom stereocenters. The van der Waals surface area contributed by atoms with E-state index in [1.165, 1.54) is 17.3 Å². The van der Waals surface area contributed by atoms with Crippen LogP contribution >= 0.6 is 23.2 Å². The van der Waals surface area contributed by atoms with Crippen molar-refractivity contribution in [1.82, 2.24) is 19.9 Å². The summed E-state index contributed by atoms with van der Waals surface area (Å²) in [4.78, 5) is 40.9. The van der Waals surface area contributed by atoms with Crippen LogP contribution in [0.15, 0.2) is 30.7 Å². The van der Waals surface area contributed by atoms with Crippen LogP contribution in [0.3, 0.4) is 0 Å². The van der Waals surface area contributed by atoms with Crippen molar-refractivity contribution in [3.05, 3.63) is 46.5 Å². The molecular formula is C18H19Cl2N5O2. The molecule has 0 spiro atoms. The third-order valence-electron chi connectivity index (χ3n) is 4.28. The molecule has 2 aromatic rings. The van der Waals surface area contributed by atoms with Gasteiger partial charge < -0.3 is 4.90 Å². The first-order valence-electron chi connectivity index (χ1n) is 8.65. The minimum absolute atomic E-state index is 0.0157. The van der Waals surface area contributed by atoms with Gasteiger partial charge in [0, 0.05) is 16.9 Å². The first kappa shape index (κ1) is 19.5. The number of urea groups is 1. The Balaban J connectivity index is 1.72. The molecule has 7 nitrogen and oxygen atoms in total. The molecule has 3 rings (SSSR count). The average molecular weight is 408 g/mol. The second-order valence-corrected chi connectivity index (χ2v) is 7.22. The van der Waals surface area contributed by atoms with E-state index in [0.29, 0.717) is 22.3 Å². The summed E-state index contributed by atoms with van der Waals surface area (Å²) >= 11 is 11.8. The SMILES string of the molecule is CCC[C@H]1CN(c2ncc(Cl)cn2)C(=O)N1CC(=O)Cc1cc(Cl)ccn1. The zero-order valence-electron chi connectivity index (χ0n) is 14.8. The predicted octanol–water partition coefficient (Wildman–Crippen LogP) is 3.40. The Hall–Kier alpha value is -2.25. The lowest BCUT2D eigenvalue weighted by Crippen LogP contribution is -2.39. The Morgan fingerprint density at radius 2 is 1.96 bits per heavy atom. The Bertz CT molecular complexity index is 831. The minimum Gasteiger partial charge on any atom is -0.312 e. The molecule has 1 aliphatic rings. The van der Waals surface area contributed by atoms with Crippen molar-refractivity contribution in [3.63, 3.8) is 0 Å². The number of carbonyl (C=O) groups is 2. The summed E-state index contributed by atoms with van der Waals surface area (Å²) in [5.41, 5.74) is 0.587. The maximum atomic E-state index is 12.9. The molecule has 0 N–H and O–H groups in total. The van der Waals surface area contributed by atoms with Gasteiger partial charge in [-0.3, -0.25) is 14.7 Å². The highest BCUT2D eigenvalue weighted by molar-refractivity contribution is 6.30. The maximum Gasteiger partial charge on any atom is 0.327 e. The molecule has 1 aliphatic heterocycles. The number of nitrogens with zero attached hydrogens (tertiary/aromatic N) is 5. The number of ketones is 1. The topological polar surface area (TPSA) is 79.3 Å². The minimum atomic E-state index is -0.275. The van der Waals surface area contributed by atoms with Crippen LogP contribution in [0.5, 0.6) is 0 Å². The van der Waals surface area contributed by atoms with Crippen LogP contribution in [0.2, 0.25) is 10.0 Å². The van der Waals surface area contributed by atoms with Gasteiger partial charge in [-0.25, -0.2) is 14.8 Å². The van der Waals surface area contributed by atoms with Gasteiger partial charge in [0.2, 0.25) is 5.95 Å². The summed E-state index contributed by atoms with van der Waals surface area (Å²) in [6.45, 7) is 2.50. The van der Waals surface area contributed by atoms with Gasteiger partial charge in [0.1, 0.15) is 0 Å². The van der Waals surface area contributed by atoms with Gasteiger partial charge in [-0.15, -0.1) is 0 Å². The molecule has 1 atom stereocenters. The van der Waals surface area contributed by atoms with E-state index in [-0.39, 0.29) is 36.8 Å². The maximum absolute atomic E-state index is 12.9. The van der Waals surface area contributed by atoms with Crippen LogP contribution in [0.4, 0.5) is 10.7 Å². The van der Waals surface area contributed by atoms with E-state index in [4.69, 9.17) is 23.2 Å². The number of hydrogen-bond donors (Lipinski definition) is 0. The van der Waals surface area contributed by atoms with Crippen molar-refractivity contribution >= 4 is 41.0 Å². The first-order chi connectivity index (χ1) is 13.0. The zero-order valence-corrected chi connectivity index (χ0v) is 16.3. The molecule has 3 heterocycles. The van der Waals surface area contributed by atoms with Crippen LogP contribution in [0, 0.1) is 0 Å². The summed E-state index contributed by atoms with van der Waals surface area (Å²) in [6, 6.07) is 2.96. The van der Waals surface area contributed by atoms with Gasteiger partial charge in [-0.2, -0.15) is 0 Å². The highest BCUT2D eigenvalue weighted by atomic mass is 35.5. The van der Waals surface area contributed by atoms with Crippen molar-refractivity contribution in [2.75, 3.05) is 18.0 Å². The fourth-order valence-electron chi connectivity index (χ4n) is 3.08. The zero-order chi connectivity index (χ0) is 19.4. The molecular weight excluding hydrogens is 389 g/mol. The standard InChI is InChI=1S/C18H19Cl2N5O2/c1-2-3-15-10-25(17-22-8-13(20)9-23-17)18(27)24(15)11-16(26)7-14-6-12(19)4-5-21-14/h4-6,8-9,15H,2-3,7,10-11H2,1H3/t15-/m0/s1. The lowest BCUT2D eigenvalue weighted by molar-refractivity contribution is -0.119. The number of carbonyl (C=O) groups excluding carboxylic acids is 2. The third-order valence-corrected chi connectivity index (χ3v) is 4.71. The van der Waals surface area contributed by atoms with E-state index in [9.17, 15) is 9.59 Å². The van der Waals surface area contributed by atoms with E-state index in [1.807, 2.05) is 6.92 Å². The lowest BCUT2D eigenvalue weighted by atomic mass is 10.1. The van der Waals surface area contributed by atoms with Crippen LogP contribution < -0.4 is 4.90 Å². The van der Waals surface area contributed by atoms with E-state index in [1.54, 1.807) is 23.2 Å². The molecule has 2 amide bonds. The van der Waals surface area contributed by atoms with Crippen molar-refractivity contribution in [1.29, 1.82) is 0 Å². The highest BCUT2D eigenvalue weighted by Crippen LogP contribution is 2.24. The van der Waals surface area contributed by atoms with Crippen molar-refractivity contribution in [3.8, 4) is 0 Å². The normalized spacial score (nSPS) is 16.9. The van der Waals surface area contributed by atoms with Crippen LogP contribution in [-0.2, 0) is 11.2 Å². The van der Waals surface area contributed by atoms with Gasteiger partial charge in [-0.05, 0) is 18.6 Å². The Labute approximate surface area is 167 Å².